The monoisotopic (exact) mass is 245 g/mol. The summed E-state index contributed by atoms with van der Waals surface area (Å²) in [5.41, 5.74) is -1.02. The van der Waals surface area contributed by atoms with Gasteiger partial charge in [-0.15, -0.1) is 0 Å². The van der Waals surface area contributed by atoms with E-state index in [1.54, 1.807) is 14.0 Å². The lowest BCUT2D eigenvalue weighted by Crippen LogP contribution is -2.52. The number of likely N-dealkylation sites (N-methyl/N-ethyl adjacent to an activating group) is 1. The highest BCUT2D eigenvalue weighted by Gasteiger charge is 2.34. The number of aliphatic carboxylic acids is 1. The summed E-state index contributed by atoms with van der Waals surface area (Å²) in [6.45, 7) is 5.82. The van der Waals surface area contributed by atoms with Gasteiger partial charge in [-0.25, -0.2) is 0 Å². The molecule has 1 fully saturated rings. The largest absolute Gasteiger partial charge is 0.480 e. The first-order valence-electron chi connectivity index (χ1n) is 6.06. The second-order valence-electron chi connectivity index (χ2n) is 5.05. The number of ether oxygens (including phenoxy) is 2. The minimum absolute atomic E-state index is 0.0841. The quantitative estimate of drug-likeness (QED) is 0.757. The average Bonchev–Trinajstić information content (AvgIpc) is 2.24. The molecule has 1 aliphatic heterocycles. The van der Waals surface area contributed by atoms with Crippen LogP contribution < -0.4 is 5.32 Å². The molecule has 2 N–H and O–H groups in total. The van der Waals surface area contributed by atoms with E-state index >= 15 is 0 Å². The highest BCUT2D eigenvalue weighted by molar-refractivity contribution is 5.78. The molecule has 0 aliphatic carbocycles. The molecule has 1 heterocycles. The van der Waals surface area contributed by atoms with Crippen LogP contribution in [0.1, 0.15) is 33.6 Å². The van der Waals surface area contributed by atoms with E-state index in [-0.39, 0.29) is 24.9 Å². The fourth-order valence-electron chi connectivity index (χ4n) is 2.01. The Hall–Kier alpha value is -0.650. The Balaban J connectivity index is 2.46. The lowest BCUT2D eigenvalue weighted by molar-refractivity contribution is -0.151. The molecule has 0 radical (unpaired) electrons. The Labute approximate surface area is 102 Å². The first kappa shape index (κ1) is 14.4. The van der Waals surface area contributed by atoms with E-state index in [4.69, 9.17) is 14.6 Å². The summed E-state index contributed by atoms with van der Waals surface area (Å²) >= 11 is 0. The fourth-order valence-corrected chi connectivity index (χ4v) is 2.01. The van der Waals surface area contributed by atoms with Crippen molar-refractivity contribution >= 4 is 5.97 Å². The second kappa shape index (κ2) is 5.80. The fraction of sp³-hybridized carbons (Fsp3) is 0.917. The molecule has 0 saturated carbocycles. The van der Waals surface area contributed by atoms with Gasteiger partial charge in [0.25, 0.3) is 0 Å². The van der Waals surface area contributed by atoms with Crippen LogP contribution in [0.2, 0.25) is 0 Å². The lowest BCUT2D eigenvalue weighted by Gasteiger charge is -2.34. The van der Waals surface area contributed by atoms with E-state index in [0.717, 1.165) is 12.8 Å². The Kier molecular flexibility index (Phi) is 4.91. The molecular weight excluding hydrogens is 222 g/mol. The van der Waals surface area contributed by atoms with E-state index in [1.807, 2.05) is 13.8 Å². The molecule has 0 spiro atoms. The van der Waals surface area contributed by atoms with E-state index in [1.165, 1.54) is 0 Å². The zero-order valence-electron chi connectivity index (χ0n) is 11.0. The van der Waals surface area contributed by atoms with Crippen LogP contribution in [0.4, 0.5) is 0 Å². The standard InChI is InChI=1S/C12H23NO4/c1-8-5-10(6-9(2)17-8)16-7-12(3,13-4)11(14)15/h8-10,13H,5-7H2,1-4H3,(H,14,15). The SMILES string of the molecule is CNC(C)(COC1CC(C)OC(C)C1)C(=O)O. The summed E-state index contributed by atoms with van der Waals surface area (Å²) in [7, 11) is 1.63. The minimum atomic E-state index is -1.02. The Morgan fingerprint density at radius 2 is 2.00 bits per heavy atom. The molecule has 3 unspecified atom stereocenters. The third kappa shape index (κ3) is 3.94. The molecular formula is C12H23NO4. The number of carboxylic acid groups (broad SMARTS) is 1. The molecule has 3 atom stereocenters. The van der Waals surface area contributed by atoms with Crippen molar-refractivity contribution in [1.29, 1.82) is 0 Å². The molecule has 0 aromatic rings. The van der Waals surface area contributed by atoms with Gasteiger partial charge < -0.3 is 19.9 Å². The van der Waals surface area contributed by atoms with Crippen molar-refractivity contribution in [3.05, 3.63) is 0 Å². The van der Waals surface area contributed by atoms with Crippen molar-refractivity contribution in [3.63, 3.8) is 0 Å². The van der Waals surface area contributed by atoms with Crippen molar-refractivity contribution < 1.29 is 19.4 Å². The Bertz CT molecular complexity index is 261. The second-order valence-corrected chi connectivity index (χ2v) is 5.05. The molecule has 1 aliphatic rings. The first-order valence-corrected chi connectivity index (χ1v) is 6.06. The molecule has 0 bridgehead atoms. The summed E-state index contributed by atoms with van der Waals surface area (Å²) in [4.78, 5) is 11.1. The maximum absolute atomic E-state index is 11.1. The molecule has 5 heteroatoms. The van der Waals surface area contributed by atoms with Gasteiger partial charge in [-0.3, -0.25) is 4.79 Å². The zero-order chi connectivity index (χ0) is 13.1. The Morgan fingerprint density at radius 3 is 2.41 bits per heavy atom. The maximum Gasteiger partial charge on any atom is 0.326 e. The van der Waals surface area contributed by atoms with Gasteiger partial charge in [-0.1, -0.05) is 0 Å². The highest BCUT2D eigenvalue weighted by Crippen LogP contribution is 2.22. The van der Waals surface area contributed by atoms with E-state index in [9.17, 15) is 4.79 Å². The summed E-state index contributed by atoms with van der Waals surface area (Å²) in [5.74, 6) is -0.895. The van der Waals surface area contributed by atoms with Crippen molar-refractivity contribution in [2.75, 3.05) is 13.7 Å². The van der Waals surface area contributed by atoms with Crippen molar-refractivity contribution in [2.24, 2.45) is 0 Å². The van der Waals surface area contributed by atoms with Gasteiger partial charge >= 0.3 is 5.97 Å². The predicted molar refractivity (Wildman–Crippen MR) is 64.1 cm³/mol. The number of hydrogen-bond acceptors (Lipinski definition) is 4. The number of carbonyl (C=O) groups is 1. The molecule has 17 heavy (non-hydrogen) atoms. The Morgan fingerprint density at radius 1 is 1.47 bits per heavy atom. The molecule has 5 nitrogen and oxygen atoms in total. The number of rotatable bonds is 5. The van der Waals surface area contributed by atoms with Gasteiger partial charge in [0.15, 0.2) is 0 Å². The van der Waals surface area contributed by atoms with Crippen LogP contribution in [0.25, 0.3) is 0 Å². The van der Waals surface area contributed by atoms with Crippen LogP contribution in [0.5, 0.6) is 0 Å². The number of carboxylic acids is 1. The molecule has 1 saturated heterocycles. The lowest BCUT2D eigenvalue weighted by atomic mass is 10.0. The van der Waals surface area contributed by atoms with Crippen LogP contribution >= 0.6 is 0 Å². The van der Waals surface area contributed by atoms with Crippen LogP contribution in [0.3, 0.4) is 0 Å². The summed E-state index contributed by atoms with van der Waals surface area (Å²) in [6.07, 6.45) is 2.08. The normalized spacial score (nSPS) is 33.1. The van der Waals surface area contributed by atoms with Gasteiger partial charge in [-0.2, -0.15) is 0 Å². The van der Waals surface area contributed by atoms with E-state index in [2.05, 4.69) is 5.32 Å². The van der Waals surface area contributed by atoms with Gasteiger partial charge in [-0.05, 0) is 40.7 Å². The third-order valence-corrected chi connectivity index (χ3v) is 3.29. The van der Waals surface area contributed by atoms with Crippen LogP contribution in [0, 0.1) is 0 Å². The van der Waals surface area contributed by atoms with Gasteiger partial charge in [0.2, 0.25) is 0 Å². The topological polar surface area (TPSA) is 67.8 Å². The van der Waals surface area contributed by atoms with Gasteiger partial charge in [0.05, 0.1) is 24.9 Å². The zero-order valence-corrected chi connectivity index (χ0v) is 11.0. The van der Waals surface area contributed by atoms with Crippen molar-refractivity contribution in [2.45, 2.75) is 57.5 Å². The predicted octanol–water partition coefficient (Wildman–Crippen LogP) is 1.02. The first-order chi connectivity index (χ1) is 7.87. The number of hydrogen-bond donors (Lipinski definition) is 2. The average molecular weight is 245 g/mol. The summed E-state index contributed by atoms with van der Waals surface area (Å²) < 4.78 is 11.3. The number of nitrogens with one attached hydrogen (secondary N) is 1. The molecule has 0 aromatic heterocycles. The van der Waals surface area contributed by atoms with Crippen LogP contribution in [0.15, 0.2) is 0 Å². The summed E-state index contributed by atoms with van der Waals surface area (Å²) in [5, 5.41) is 11.9. The van der Waals surface area contributed by atoms with Gasteiger partial charge in [0, 0.05) is 0 Å². The van der Waals surface area contributed by atoms with Crippen molar-refractivity contribution in [1.82, 2.24) is 5.32 Å². The third-order valence-electron chi connectivity index (χ3n) is 3.29. The minimum Gasteiger partial charge on any atom is -0.480 e. The van der Waals surface area contributed by atoms with Gasteiger partial charge in [0.1, 0.15) is 5.54 Å². The molecule has 1 rings (SSSR count). The van der Waals surface area contributed by atoms with Crippen LogP contribution in [-0.4, -0.2) is 48.6 Å². The molecule has 0 amide bonds. The summed E-state index contributed by atoms with van der Waals surface area (Å²) in [6, 6.07) is 0. The molecule has 0 aromatic carbocycles. The van der Waals surface area contributed by atoms with E-state index < -0.39 is 11.5 Å². The van der Waals surface area contributed by atoms with E-state index in [0.29, 0.717) is 0 Å². The van der Waals surface area contributed by atoms with Crippen LogP contribution in [-0.2, 0) is 14.3 Å². The highest BCUT2D eigenvalue weighted by atomic mass is 16.5. The molecule has 100 valence electrons. The maximum atomic E-state index is 11.1. The smallest absolute Gasteiger partial charge is 0.326 e. The van der Waals surface area contributed by atoms with Crippen molar-refractivity contribution in [3.8, 4) is 0 Å².